The van der Waals surface area contributed by atoms with Crippen LogP contribution in [0.2, 0.25) is 0 Å². The van der Waals surface area contributed by atoms with Gasteiger partial charge in [0.1, 0.15) is 17.8 Å². The van der Waals surface area contributed by atoms with Crippen molar-refractivity contribution in [3.63, 3.8) is 0 Å². The third-order valence-electron chi connectivity index (χ3n) is 3.51. The lowest BCUT2D eigenvalue weighted by Gasteiger charge is -2.07. The molecule has 2 heterocycles. The van der Waals surface area contributed by atoms with Crippen molar-refractivity contribution < 1.29 is 9.90 Å². The van der Waals surface area contributed by atoms with Crippen LogP contribution in [0.3, 0.4) is 0 Å². The van der Waals surface area contributed by atoms with Crippen LogP contribution in [0.4, 0.5) is 5.69 Å². The van der Waals surface area contributed by atoms with E-state index in [1.165, 1.54) is 4.57 Å². The predicted octanol–water partition coefficient (Wildman–Crippen LogP) is 2.06. The highest BCUT2D eigenvalue weighted by molar-refractivity contribution is 6.21. The van der Waals surface area contributed by atoms with Crippen LogP contribution in [0.25, 0.3) is 11.6 Å². The number of allylic oxidation sites excluding steroid dienone is 1. The standard InChI is InChI=1S/C16H16N4O2/c1-10(17)15-19-14(16(22)20(15)6-7-21)8-11-9-18-13-5-3-2-4-12(11)13/h2-5,7-10,22H,6,17H2,1H3/b11-8+/t10-/m0/s1. The van der Waals surface area contributed by atoms with Crippen LogP contribution in [-0.4, -0.2) is 27.2 Å². The molecule has 1 aliphatic heterocycles. The smallest absolute Gasteiger partial charge is 0.219 e. The molecule has 0 aliphatic carbocycles. The van der Waals surface area contributed by atoms with Crippen LogP contribution in [0.1, 0.15) is 30.0 Å². The van der Waals surface area contributed by atoms with Gasteiger partial charge in [0.25, 0.3) is 0 Å². The molecule has 0 bridgehead atoms. The van der Waals surface area contributed by atoms with Crippen LogP contribution < -0.4 is 5.73 Å². The monoisotopic (exact) mass is 296 g/mol. The number of nitrogens with zero attached hydrogens (tertiary/aromatic N) is 3. The number of hydrogen-bond donors (Lipinski definition) is 2. The number of rotatable bonds is 4. The van der Waals surface area contributed by atoms with Gasteiger partial charge in [0.2, 0.25) is 5.88 Å². The third kappa shape index (κ3) is 2.33. The maximum absolute atomic E-state index is 10.8. The zero-order valence-corrected chi connectivity index (χ0v) is 12.1. The van der Waals surface area contributed by atoms with Gasteiger partial charge < -0.3 is 15.6 Å². The van der Waals surface area contributed by atoms with Crippen molar-refractivity contribution in [3.8, 4) is 5.88 Å². The number of imidazole rings is 1. The summed E-state index contributed by atoms with van der Waals surface area (Å²) in [5.41, 5.74) is 8.96. The lowest BCUT2D eigenvalue weighted by Crippen LogP contribution is -2.14. The first kappa shape index (κ1) is 14.2. The van der Waals surface area contributed by atoms with Crippen molar-refractivity contribution >= 4 is 29.8 Å². The van der Waals surface area contributed by atoms with Gasteiger partial charge in [0, 0.05) is 17.4 Å². The minimum atomic E-state index is -0.387. The quantitative estimate of drug-likeness (QED) is 0.844. The van der Waals surface area contributed by atoms with Crippen LogP contribution in [0.5, 0.6) is 5.88 Å². The molecule has 1 atom stereocenters. The van der Waals surface area contributed by atoms with Crippen molar-refractivity contribution in [3.05, 3.63) is 41.3 Å². The fourth-order valence-corrected chi connectivity index (χ4v) is 2.48. The molecule has 1 aromatic carbocycles. The Bertz CT molecular complexity index is 787. The Morgan fingerprint density at radius 3 is 2.91 bits per heavy atom. The van der Waals surface area contributed by atoms with Crippen molar-refractivity contribution in [1.82, 2.24) is 9.55 Å². The Balaban J connectivity index is 2.07. The fourth-order valence-electron chi connectivity index (χ4n) is 2.48. The largest absolute Gasteiger partial charge is 0.493 e. The first-order valence-corrected chi connectivity index (χ1v) is 6.95. The van der Waals surface area contributed by atoms with Crippen LogP contribution in [-0.2, 0) is 11.3 Å². The minimum absolute atomic E-state index is 0.0174. The first-order valence-electron chi connectivity index (χ1n) is 6.95. The van der Waals surface area contributed by atoms with Gasteiger partial charge in [-0.05, 0) is 19.1 Å². The second-order valence-corrected chi connectivity index (χ2v) is 5.12. The Kier molecular flexibility index (Phi) is 3.60. The number of aliphatic imine (C=N–C) groups is 1. The molecule has 3 rings (SSSR count). The SMILES string of the molecule is C[C@H](N)c1nc(/C=C2\C=Nc3ccccc32)c(O)n1CC=O. The van der Waals surface area contributed by atoms with E-state index < -0.39 is 0 Å². The Morgan fingerprint density at radius 1 is 1.41 bits per heavy atom. The van der Waals surface area contributed by atoms with E-state index in [0.717, 1.165) is 16.8 Å². The van der Waals surface area contributed by atoms with E-state index in [0.29, 0.717) is 17.8 Å². The summed E-state index contributed by atoms with van der Waals surface area (Å²) in [6.07, 6.45) is 4.18. The number of nitrogens with two attached hydrogens (primary N) is 1. The molecule has 6 heteroatoms. The van der Waals surface area contributed by atoms with E-state index in [4.69, 9.17) is 5.73 Å². The summed E-state index contributed by atoms with van der Waals surface area (Å²) in [4.78, 5) is 19.5. The van der Waals surface area contributed by atoms with Gasteiger partial charge in [-0.25, -0.2) is 4.98 Å². The summed E-state index contributed by atoms with van der Waals surface area (Å²) in [7, 11) is 0. The molecule has 6 nitrogen and oxygen atoms in total. The molecular formula is C16H16N4O2. The summed E-state index contributed by atoms with van der Waals surface area (Å²) in [5.74, 6) is 0.407. The number of aromatic hydroxyl groups is 1. The molecule has 0 fully saturated rings. The van der Waals surface area contributed by atoms with Crippen molar-refractivity contribution in [2.45, 2.75) is 19.5 Å². The summed E-state index contributed by atoms with van der Waals surface area (Å²) < 4.78 is 1.42. The molecule has 22 heavy (non-hydrogen) atoms. The van der Waals surface area contributed by atoms with Crippen molar-refractivity contribution in [2.75, 3.05) is 0 Å². The zero-order valence-electron chi connectivity index (χ0n) is 12.1. The number of carbonyl (C=O) groups excluding carboxylic acids is 1. The molecule has 0 spiro atoms. The molecule has 2 aromatic rings. The summed E-state index contributed by atoms with van der Waals surface area (Å²) in [6.45, 7) is 1.77. The van der Waals surface area contributed by atoms with Gasteiger partial charge >= 0.3 is 0 Å². The molecule has 0 unspecified atom stereocenters. The molecule has 0 saturated carbocycles. The van der Waals surface area contributed by atoms with Crippen molar-refractivity contribution in [2.24, 2.45) is 10.7 Å². The number of aldehydes is 1. The van der Waals surface area contributed by atoms with Gasteiger partial charge in [-0.15, -0.1) is 0 Å². The van der Waals surface area contributed by atoms with E-state index in [9.17, 15) is 9.90 Å². The van der Waals surface area contributed by atoms with Crippen LogP contribution in [0, 0.1) is 0 Å². The van der Waals surface area contributed by atoms with E-state index in [-0.39, 0.29) is 18.5 Å². The molecule has 1 aliphatic rings. The highest BCUT2D eigenvalue weighted by Crippen LogP contribution is 2.33. The third-order valence-corrected chi connectivity index (χ3v) is 3.51. The van der Waals surface area contributed by atoms with Gasteiger partial charge in [0.05, 0.1) is 18.3 Å². The van der Waals surface area contributed by atoms with E-state index in [1.54, 1.807) is 19.2 Å². The number of aromatic nitrogens is 2. The summed E-state index contributed by atoms with van der Waals surface area (Å²) in [6, 6.07) is 7.34. The summed E-state index contributed by atoms with van der Waals surface area (Å²) in [5, 5.41) is 10.3. The molecule has 112 valence electrons. The normalized spacial score (nSPS) is 16.0. The average molecular weight is 296 g/mol. The lowest BCUT2D eigenvalue weighted by molar-refractivity contribution is -0.108. The average Bonchev–Trinajstić information content (AvgIpc) is 3.04. The van der Waals surface area contributed by atoms with Gasteiger partial charge in [-0.2, -0.15) is 0 Å². The number of benzene rings is 1. The van der Waals surface area contributed by atoms with E-state index >= 15 is 0 Å². The second kappa shape index (κ2) is 5.57. The lowest BCUT2D eigenvalue weighted by atomic mass is 10.1. The van der Waals surface area contributed by atoms with Gasteiger partial charge in [0.15, 0.2) is 0 Å². The molecule has 0 saturated heterocycles. The minimum Gasteiger partial charge on any atom is -0.493 e. The number of para-hydroxylation sites is 1. The van der Waals surface area contributed by atoms with Gasteiger partial charge in [-0.1, -0.05) is 18.2 Å². The highest BCUT2D eigenvalue weighted by Gasteiger charge is 2.19. The first-order chi connectivity index (χ1) is 10.6. The summed E-state index contributed by atoms with van der Waals surface area (Å²) >= 11 is 0. The topological polar surface area (TPSA) is 93.5 Å². The number of fused-ring (bicyclic) bond motifs is 1. The molecule has 3 N–H and O–H groups in total. The van der Waals surface area contributed by atoms with Crippen LogP contribution >= 0.6 is 0 Å². The second-order valence-electron chi connectivity index (χ2n) is 5.12. The van der Waals surface area contributed by atoms with Crippen LogP contribution in [0.15, 0.2) is 29.3 Å². The maximum atomic E-state index is 10.8. The number of hydrogen-bond acceptors (Lipinski definition) is 5. The molecule has 0 radical (unpaired) electrons. The predicted molar refractivity (Wildman–Crippen MR) is 85.0 cm³/mol. The molecule has 0 amide bonds. The maximum Gasteiger partial charge on any atom is 0.219 e. The van der Waals surface area contributed by atoms with Gasteiger partial charge in [-0.3, -0.25) is 9.56 Å². The Labute approximate surface area is 127 Å². The van der Waals surface area contributed by atoms with E-state index in [1.807, 2.05) is 24.3 Å². The van der Waals surface area contributed by atoms with Crippen molar-refractivity contribution in [1.29, 1.82) is 0 Å². The molecule has 1 aromatic heterocycles. The highest BCUT2D eigenvalue weighted by atomic mass is 16.3. The Hall–Kier alpha value is -2.73. The fraction of sp³-hybridized carbons (Fsp3) is 0.188. The zero-order chi connectivity index (χ0) is 15.7. The van der Waals surface area contributed by atoms with E-state index in [2.05, 4.69) is 9.98 Å². The number of carbonyl (C=O) groups is 1. The Morgan fingerprint density at radius 2 is 2.18 bits per heavy atom. The molecular weight excluding hydrogens is 280 g/mol.